The first kappa shape index (κ1) is 19.8. The van der Waals surface area contributed by atoms with Crippen LogP contribution in [0.25, 0.3) is 0 Å². The van der Waals surface area contributed by atoms with Gasteiger partial charge in [0.2, 0.25) is 5.88 Å². The van der Waals surface area contributed by atoms with Crippen LogP contribution in [0.15, 0.2) is 12.1 Å². The van der Waals surface area contributed by atoms with Gasteiger partial charge in [-0.25, -0.2) is 4.98 Å². The summed E-state index contributed by atoms with van der Waals surface area (Å²) in [7, 11) is 1.66. The SMILES string of the molecule is COC1CN(c2ccc(C(=O)NC(C)CO)nc2OCC2(CF)COC2)C1. The molecule has 2 aliphatic rings. The molecule has 0 radical (unpaired) electrons. The lowest BCUT2D eigenvalue weighted by Crippen LogP contribution is -2.52. The van der Waals surface area contributed by atoms with Crippen LogP contribution in [0.1, 0.15) is 17.4 Å². The van der Waals surface area contributed by atoms with E-state index in [1.54, 1.807) is 26.2 Å². The fourth-order valence-corrected chi connectivity index (χ4v) is 2.84. The van der Waals surface area contributed by atoms with Gasteiger partial charge in [-0.05, 0) is 19.1 Å². The smallest absolute Gasteiger partial charge is 0.270 e. The fraction of sp³-hybridized carbons (Fsp3) is 0.667. The maximum absolute atomic E-state index is 13.3. The molecule has 1 atom stereocenters. The number of methoxy groups -OCH3 is 1. The summed E-state index contributed by atoms with van der Waals surface area (Å²) >= 11 is 0. The molecular weight excluding hydrogens is 357 g/mol. The number of hydrogen-bond acceptors (Lipinski definition) is 7. The highest BCUT2D eigenvalue weighted by Crippen LogP contribution is 2.34. The minimum Gasteiger partial charge on any atom is -0.475 e. The van der Waals surface area contributed by atoms with Crippen LogP contribution in [-0.4, -0.2) is 81.4 Å². The first-order valence-corrected chi connectivity index (χ1v) is 8.97. The normalized spacial score (nSPS) is 19.8. The molecule has 0 saturated carbocycles. The zero-order valence-corrected chi connectivity index (χ0v) is 15.6. The largest absolute Gasteiger partial charge is 0.475 e. The Morgan fingerprint density at radius 2 is 2.26 bits per heavy atom. The number of carbonyl (C=O) groups excluding carboxylic acids is 1. The Hall–Kier alpha value is -1.97. The third-order valence-corrected chi connectivity index (χ3v) is 4.86. The summed E-state index contributed by atoms with van der Waals surface area (Å²) in [6.07, 6.45) is 0.142. The highest BCUT2D eigenvalue weighted by Gasteiger charge is 2.40. The van der Waals surface area contributed by atoms with Crippen LogP contribution in [0.4, 0.5) is 10.1 Å². The molecule has 0 bridgehead atoms. The Labute approximate surface area is 157 Å². The van der Waals surface area contributed by atoms with Gasteiger partial charge in [-0.1, -0.05) is 0 Å². The van der Waals surface area contributed by atoms with Gasteiger partial charge >= 0.3 is 0 Å². The van der Waals surface area contributed by atoms with Crippen molar-refractivity contribution in [1.29, 1.82) is 0 Å². The Kier molecular flexibility index (Phi) is 6.13. The summed E-state index contributed by atoms with van der Waals surface area (Å²) < 4.78 is 29.6. The third-order valence-electron chi connectivity index (χ3n) is 4.86. The molecule has 1 aromatic rings. The van der Waals surface area contributed by atoms with Crippen LogP contribution < -0.4 is 15.0 Å². The van der Waals surface area contributed by atoms with E-state index >= 15 is 0 Å². The van der Waals surface area contributed by atoms with Crippen molar-refractivity contribution < 1.29 is 28.5 Å². The predicted octanol–water partition coefficient (Wildman–Crippen LogP) is 0.392. The number of aliphatic hydroxyl groups is 1. The Bertz CT molecular complexity index is 659. The van der Waals surface area contributed by atoms with E-state index in [-0.39, 0.29) is 36.9 Å². The molecule has 9 heteroatoms. The third kappa shape index (κ3) is 4.31. The number of nitrogens with one attached hydrogen (secondary N) is 1. The number of nitrogens with zero attached hydrogens (tertiary/aromatic N) is 2. The van der Waals surface area contributed by atoms with Gasteiger partial charge in [0.25, 0.3) is 5.91 Å². The van der Waals surface area contributed by atoms with E-state index in [2.05, 4.69) is 10.3 Å². The number of rotatable bonds is 9. The van der Waals surface area contributed by atoms with Gasteiger partial charge in [0.05, 0.1) is 31.3 Å². The van der Waals surface area contributed by atoms with Gasteiger partial charge in [0, 0.05) is 26.2 Å². The lowest BCUT2D eigenvalue weighted by atomic mass is 9.89. The van der Waals surface area contributed by atoms with Crippen LogP contribution in [0.2, 0.25) is 0 Å². The van der Waals surface area contributed by atoms with E-state index in [1.807, 2.05) is 4.90 Å². The number of pyridine rings is 1. The molecule has 1 amide bonds. The van der Waals surface area contributed by atoms with E-state index in [0.29, 0.717) is 26.3 Å². The van der Waals surface area contributed by atoms with Crippen LogP contribution in [0.5, 0.6) is 5.88 Å². The summed E-state index contributed by atoms with van der Waals surface area (Å²) in [4.78, 5) is 18.7. The molecule has 0 aromatic carbocycles. The van der Waals surface area contributed by atoms with Crippen LogP contribution in [0.3, 0.4) is 0 Å². The molecule has 2 aliphatic heterocycles. The van der Waals surface area contributed by atoms with E-state index in [1.165, 1.54) is 0 Å². The van der Waals surface area contributed by atoms with Gasteiger partial charge in [0.15, 0.2) is 0 Å². The van der Waals surface area contributed by atoms with Crippen molar-refractivity contribution in [2.75, 3.05) is 58.2 Å². The minimum atomic E-state index is -0.646. The fourth-order valence-electron chi connectivity index (χ4n) is 2.84. The molecule has 2 N–H and O–H groups in total. The molecule has 2 fully saturated rings. The Morgan fingerprint density at radius 3 is 2.81 bits per heavy atom. The zero-order valence-electron chi connectivity index (χ0n) is 15.6. The number of aromatic nitrogens is 1. The number of carbonyl (C=O) groups is 1. The van der Waals surface area contributed by atoms with Crippen molar-refractivity contribution in [2.24, 2.45) is 5.41 Å². The first-order valence-electron chi connectivity index (χ1n) is 8.97. The molecule has 1 unspecified atom stereocenters. The number of halogens is 1. The van der Waals surface area contributed by atoms with Crippen molar-refractivity contribution in [1.82, 2.24) is 10.3 Å². The summed E-state index contributed by atoms with van der Waals surface area (Å²) in [5.74, 6) is -0.118. The highest BCUT2D eigenvalue weighted by atomic mass is 19.1. The second-order valence-corrected chi connectivity index (χ2v) is 7.26. The van der Waals surface area contributed by atoms with Gasteiger partial charge in [-0.2, -0.15) is 0 Å². The molecule has 0 aliphatic carbocycles. The quantitative estimate of drug-likeness (QED) is 0.637. The van der Waals surface area contributed by atoms with E-state index in [0.717, 1.165) is 5.69 Å². The van der Waals surface area contributed by atoms with Crippen molar-refractivity contribution in [3.8, 4) is 5.88 Å². The maximum Gasteiger partial charge on any atom is 0.270 e. The summed E-state index contributed by atoms with van der Waals surface area (Å²) in [6.45, 7) is 3.12. The van der Waals surface area contributed by atoms with E-state index < -0.39 is 18.0 Å². The maximum atomic E-state index is 13.3. The molecule has 150 valence electrons. The average Bonchev–Trinajstić information content (AvgIpc) is 2.60. The topological polar surface area (TPSA) is 93.2 Å². The summed E-state index contributed by atoms with van der Waals surface area (Å²) in [5.41, 5.74) is 0.272. The first-order chi connectivity index (χ1) is 13.0. The molecular formula is C18H26FN3O5. The predicted molar refractivity (Wildman–Crippen MR) is 96.0 cm³/mol. The molecule has 27 heavy (non-hydrogen) atoms. The van der Waals surface area contributed by atoms with Gasteiger partial charge in [0.1, 0.15) is 24.7 Å². The van der Waals surface area contributed by atoms with Crippen LogP contribution in [0, 0.1) is 5.41 Å². The van der Waals surface area contributed by atoms with Crippen molar-refractivity contribution >= 4 is 11.6 Å². The number of alkyl halides is 1. The van der Waals surface area contributed by atoms with E-state index in [4.69, 9.17) is 19.3 Å². The van der Waals surface area contributed by atoms with Crippen molar-refractivity contribution in [2.45, 2.75) is 19.1 Å². The number of anilines is 1. The number of amides is 1. The zero-order chi connectivity index (χ0) is 19.4. The highest BCUT2D eigenvalue weighted by molar-refractivity contribution is 5.93. The van der Waals surface area contributed by atoms with Gasteiger partial charge in [-0.15, -0.1) is 0 Å². The molecule has 3 rings (SSSR count). The summed E-state index contributed by atoms with van der Waals surface area (Å²) in [6, 6.07) is 2.99. The van der Waals surface area contributed by atoms with Crippen molar-refractivity contribution in [3.63, 3.8) is 0 Å². The Balaban J connectivity index is 1.77. The molecule has 1 aromatic heterocycles. The molecule has 0 spiro atoms. The average molecular weight is 383 g/mol. The molecule has 3 heterocycles. The molecule has 8 nitrogen and oxygen atoms in total. The van der Waals surface area contributed by atoms with Crippen LogP contribution in [-0.2, 0) is 9.47 Å². The number of ether oxygens (including phenoxy) is 3. The standard InChI is InChI=1S/C18H26FN3O5/c1-12(7-23)20-16(24)14-3-4-15(22-5-13(6-22)25-2)17(21-14)27-11-18(8-19)9-26-10-18/h3-4,12-13,23H,5-11H2,1-2H3,(H,20,24). The summed E-state index contributed by atoms with van der Waals surface area (Å²) in [5, 5.41) is 11.7. The Morgan fingerprint density at radius 1 is 1.52 bits per heavy atom. The van der Waals surface area contributed by atoms with Gasteiger partial charge in [-0.3, -0.25) is 9.18 Å². The lowest BCUT2D eigenvalue weighted by Gasteiger charge is -2.41. The number of hydrogen-bond donors (Lipinski definition) is 2. The molecule has 2 saturated heterocycles. The van der Waals surface area contributed by atoms with E-state index in [9.17, 15) is 9.18 Å². The van der Waals surface area contributed by atoms with Crippen LogP contribution >= 0.6 is 0 Å². The second kappa shape index (κ2) is 8.37. The minimum absolute atomic E-state index is 0.128. The number of aliphatic hydroxyl groups excluding tert-OH is 1. The second-order valence-electron chi connectivity index (χ2n) is 7.26. The lowest BCUT2D eigenvalue weighted by molar-refractivity contribution is -0.141. The van der Waals surface area contributed by atoms with Gasteiger partial charge < -0.3 is 29.5 Å². The monoisotopic (exact) mass is 383 g/mol. The van der Waals surface area contributed by atoms with Crippen molar-refractivity contribution in [3.05, 3.63) is 17.8 Å².